The Morgan fingerprint density at radius 1 is 1.35 bits per heavy atom. The minimum atomic E-state index is -1.10. The van der Waals surface area contributed by atoms with E-state index in [1.165, 1.54) is 11.3 Å². The van der Waals surface area contributed by atoms with Crippen LogP contribution in [0, 0.1) is 0 Å². The first-order valence-electron chi connectivity index (χ1n) is 7.23. The average Bonchev–Trinajstić information content (AvgIpc) is 2.97. The molecule has 1 aromatic carbocycles. The Morgan fingerprint density at radius 2 is 2.04 bits per heavy atom. The number of ether oxygens (including phenoxy) is 1. The third-order valence-corrected chi connectivity index (χ3v) is 4.54. The predicted octanol–water partition coefficient (Wildman–Crippen LogP) is 4.10. The van der Waals surface area contributed by atoms with Crippen LogP contribution in [0.1, 0.15) is 47.1 Å². The summed E-state index contributed by atoms with van der Waals surface area (Å²) < 4.78 is 5.10. The van der Waals surface area contributed by atoms with Crippen LogP contribution in [0.4, 0.5) is 9.93 Å². The largest absolute Gasteiger partial charge is 0.476 e. The van der Waals surface area contributed by atoms with Gasteiger partial charge in [0, 0.05) is 4.88 Å². The molecule has 2 aromatic rings. The number of hydrogen-bond acceptors (Lipinski definition) is 5. The van der Waals surface area contributed by atoms with Gasteiger partial charge in [0.25, 0.3) is 0 Å². The standard InChI is InChI=1S/C16H18N2O4S/c1-3-10(2)13-12(14(19)20)17-15(23-13)18-16(21)22-9-11-7-5-4-6-8-11/h4-8,10H,3,9H2,1-2H3,(H,19,20)(H,17,18,21). The van der Waals surface area contributed by atoms with Crippen LogP contribution in [-0.4, -0.2) is 22.2 Å². The molecule has 1 aromatic heterocycles. The number of nitrogens with zero attached hydrogens (tertiary/aromatic N) is 1. The number of carboxylic acids is 1. The molecule has 0 aliphatic carbocycles. The molecule has 0 bridgehead atoms. The van der Waals surface area contributed by atoms with E-state index >= 15 is 0 Å². The molecule has 0 saturated heterocycles. The summed E-state index contributed by atoms with van der Waals surface area (Å²) in [4.78, 5) is 27.7. The minimum Gasteiger partial charge on any atom is -0.476 e. The Labute approximate surface area is 138 Å². The van der Waals surface area contributed by atoms with Crippen LogP contribution < -0.4 is 5.32 Å². The van der Waals surface area contributed by atoms with Gasteiger partial charge in [-0.25, -0.2) is 14.6 Å². The summed E-state index contributed by atoms with van der Waals surface area (Å²) in [6.07, 6.45) is 0.135. The summed E-state index contributed by atoms with van der Waals surface area (Å²) in [6.45, 7) is 4.04. The third kappa shape index (κ3) is 4.53. The second-order valence-electron chi connectivity index (χ2n) is 5.03. The summed E-state index contributed by atoms with van der Waals surface area (Å²) in [6, 6.07) is 9.29. The van der Waals surface area contributed by atoms with Crippen LogP contribution in [0.2, 0.25) is 0 Å². The molecule has 0 aliphatic rings. The summed E-state index contributed by atoms with van der Waals surface area (Å²) in [5, 5.41) is 11.9. The fourth-order valence-corrected chi connectivity index (χ4v) is 2.98. The lowest BCUT2D eigenvalue weighted by Crippen LogP contribution is -2.13. The van der Waals surface area contributed by atoms with Gasteiger partial charge in [0.15, 0.2) is 10.8 Å². The zero-order valence-electron chi connectivity index (χ0n) is 12.9. The van der Waals surface area contributed by atoms with Crippen molar-refractivity contribution < 1.29 is 19.4 Å². The maximum Gasteiger partial charge on any atom is 0.413 e. The number of benzene rings is 1. The van der Waals surface area contributed by atoms with Gasteiger partial charge < -0.3 is 9.84 Å². The van der Waals surface area contributed by atoms with E-state index in [2.05, 4.69) is 10.3 Å². The van der Waals surface area contributed by atoms with Gasteiger partial charge in [0.1, 0.15) is 6.61 Å². The highest BCUT2D eigenvalue weighted by Crippen LogP contribution is 2.31. The number of carbonyl (C=O) groups is 2. The molecule has 0 spiro atoms. The van der Waals surface area contributed by atoms with Gasteiger partial charge in [-0.3, -0.25) is 5.32 Å². The van der Waals surface area contributed by atoms with E-state index in [0.717, 1.165) is 12.0 Å². The first kappa shape index (κ1) is 17.0. The van der Waals surface area contributed by atoms with Crippen LogP contribution in [-0.2, 0) is 11.3 Å². The second kappa shape index (κ2) is 7.73. The topological polar surface area (TPSA) is 88.5 Å². The van der Waals surface area contributed by atoms with Crippen LogP contribution in [0.25, 0.3) is 0 Å². The van der Waals surface area contributed by atoms with E-state index in [-0.39, 0.29) is 23.4 Å². The van der Waals surface area contributed by atoms with Gasteiger partial charge in [-0.1, -0.05) is 44.2 Å². The third-order valence-electron chi connectivity index (χ3n) is 3.34. The van der Waals surface area contributed by atoms with Gasteiger partial charge in [-0.2, -0.15) is 0 Å². The molecule has 23 heavy (non-hydrogen) atoms. The molecule has 0 fully saturated rings. The lowest BCUT2D eigenvalue weighted by Gasteiger charge is -2.05. The average molecular weight is 334 g/mol. The zero-order valence-corrected chi connectivity index (χ0v) is 13.7. The van der Waals surface area contributed by atoms with Crippen LogP contribution in [0.5, 0.6) is 0 Å². The normalized spacial score (nSPS) is 11.7. The van der Waals surface area contributed by atoms with E-state index in [4.69, 9.17) is 4.74 Å². The van der Waals surface area contributed by atoms with Crippen LogP contribution in [0.15, 0.2) is 30.3 Å². The molecule has 122 valence electrons. The van der Waals surface area contributed by atoms with Crippen molar-refractivity contribution in [3.05, 3.63) is 46.5 Å². The lowest BCUT2D eigenvalue weighted by molar-refractivity contribution is 0.0689. The number of carboxylic acid groups (broad SMARTS) is 1. The molecule has 2 N–H and O–H groups in total. The number of nitrogens with one attached hydrogen (secondary N) is 1. The molecular weight excluding hydrogens is 316 g/mol. The van der Waals surface area contributed by atoms with Crippen LogP contribution in [0.3, 0.4) is 0 Å². The zero-order chi connectivity index (χ0) is 16.8. The molecule has 0 saturated carbocycles. The SMILES string of the molecule is CCC(C)c1sc(NC(=O)OCc2ccccc2)nc1C(=O)O. The molecule has 0 aliphatic heterocycles. The molecule has 1 heterocycles. The van der Waals surface area contributed by atoms with E-state index in [1.54, 1.807) is 0 Å². The first-order chi connectivity index (χ1) is 11.0. The highest BCUT2D eigenvalue weighted by Gasteiger charge is 2.22. The minimum absolute atomic E-state index is 0.0114. The quantitative estimate of drug-likeness (QED) is 0.830. The van der Waals surface area contributed by atoms with Crippen molar-refractivity contribution in [1.82, 2.24) is 4.98 Å². The van der Waals surface area contributed by atoms with E-state index in [9.17, 15) is 14.7 Å². The van der Waals surface area contributed by atoms with Crippen molar-refractivity contribution in [2.45, 2.75) is 32.8 Å². The van der Waals surface area contributed by atoms with Crippen molar-refractivity contribution in [1.29, 1.82) is 0 Å². The molecule has 0 radical (unpaired) electrons. The Morgan fingerprint density at radius 3 is 2.65 bits per heavy atom. The number of anilines is 1. The van der Waals surface area contributed by atoms with Gasteiger partial charge in [0.2, 0.25) is 0 Å². The summed E-state index contributed by atoms with van der Waals surface area (Å²) in [5.41, 5.74) is 0.857. The molecule has 2 rings (SSSR count). The highest BCUT2D eigenvalue weighted by molar-refractivity contribution is 7.16. The number of rotatable bonds is 6. The Hall–Kier alpha value is -2.41. The fourth-order valence-electron chi connectivity index (χ4n) is 1.90. The van der Waals surface area contributed by atoms with Gasteiger partial charge in [-0.05, 0) is 17.9 Å². The Kier molecular flexibility index (Phi) is 5.70. The van der Waals surface area contributed by atoms with E-state index in [0.29, 0.717) is 4.88 Å². The summed E-state index contributed by atoms with van der Waals surface area (Å²) in [5.74, 6) is -1.03. The smallest absolute Gasteiger partial charge is 0.413 e. The monoisotopic (exact) mass is 334 g/mol. The highest BCUT2D eigenvalue weighted by atomic mass is 32.1. The van der Waals surface area contributed by atoms with Crippen molar-refractivity contribution in [3.8, 4) is 0 Å². The number of hydrogen-bond donors (Lipinski definition) is 2. The number of aromatic nitrogens is 1. The van der Waals surface area contributed by atoms with Crippen molar-refractivity contribution >= 4 is 28.5 Å². The van der Waals surface area contributed by atoms with Crippen molar-refractivity contribution in [2.75, 3.05) is 5.32 Å². The molecule has 7 heteroatoms. The van der Waals surface area contributed by atoms with Crippen molar-refractivity contribution in [3.63, 3.8) is 0 Å². The number of thiazole rings is 1. The molecule has 1 atom stereocenters. The van der Waals surface area contributed by atoms with Gasteiger partial charge >= 0.3 is 12.1 Å². The lowest BCUT2D eigenvalue weighted by atomic mass is 10.1. The second-order valence-corrected chi connectivity index (χ2v) is 6.06. The summed E-state index contributed by atoms with van der Waals surface area (Å²) in [7, 11) is 0. The maximum absolute atomic E-state index is 11.8. The Balaban J connectivity index is 2.02. The summed E-state index contributed by atoms with van der Waals surface area (Å²) >= 11 is 1.17. The van der Waals surface area contributed by atoms with E-state index < -0.39 is 12.1 Å². The van der Waals surface area contributed by atoms with Crippen molar-refractivity contribution in [2.24, 2.45) is 0 Å². The maximum atomic E-state index is 11.8. The number of carbonyl (C=O) groups excluding carboxylic acids is 1. The number of aromatic carboxylic acids is 1. The van der Waals surface area contributed by atoms with Gasteiger partial charge in [0.05, 0.1) is 0 Å². The van der Waals surface area contributed by atoms with Gasteiger partial charge in [-0.15, -0.1) is 11.3 Å². The molecule has 1 amide bonds. The number of amides is 1. The fraction of sp³-hybridized carbons (Fsp3) is 0.312. The molecule has 1 unspecified atom stereocenters. The Bertz CT molecular complexity index is 685. The first-order valence-corrected chi connectivity index (χ1v) is 8.04. The van der Waals surface area contributed by atoms with E-state index in [1.807, 2.05) is 44.2 Å². The molecule has 6 nitrogen and oxygen atoms in total. The molecular formula is C16H18N2O4S. The van der Waals surface area contributed by atoms with Crippen LogP contribution >= 0.6 is 11.3 Å². The predicted molar refractivity (Wildman–Crippen MR) is 88.0 cm³/mol.